The van der Waals surface area contributed by atoms with Gasteiger partial charge in [-0.25, -0.2) is 0 Å². The largest absolute Gasteiger partial charge is 0.506 e. The van der Waals surface area contributed by atoms with Crippen LogP contribution in [0.1, 0.15) is 18.5 Å². The maximum atomic E-state index is 9.26. The highest BCUT2D eigenvalue weighted by atomic mass is 35.5. The number of benzene rings is 1. The van der Waals surface area contributed by atoms with Crippen LogP contribution in [0.15, 0.2) is 18.2 Å². The van der Waals surface area contributed by atoms with Crippen LogP contribution in [0.3, 0.4) is 0 Å². The molecule has 0 bridgehead atoms. The molecule has 1 aromatic carbocycles. The van der Waals surface area contributed by atoms with Crippen LogP contribution in [0.2, 0.25) is 5.02 Å². The van der Waals surface area contributed by atoms with Crippen molar-refractivity contribution in [1.29, 1.82) is 0 Å². The lowest BCUT2D eigenvalue weighted by atomic mass is 10.0. The molecule has 0 radical (unpaired) electrons. The molecule has 2 atom stereocenters. The van der Waals surface area contributed by atoms with E-state index in [1.807, 2.05) is 0 Å². The number of phenolic OH excluding ortho intramolecular Hbond substituents is 1. The lowest BCUT2D eigenvalue weighted by Gasteiger charge is -2.15. The van der Waals surface area contributed by atoms with Gasteiger partial charge in [0.1, 0.15) is 5.75 Å². The van der Waals surface area contributed by atoms with E-state index in [9.17, 15) is 10.2 Å². The molecule has 0 amide bonds. The van der Waals surface area contributed by atoms with Gasteiger partial charge < -0.3 is 15.9 Å². The Hall–Kier alpha value is -0.770. The van der Waals surface area contributed by atoms with Gasteiger partial charge in [0, 0.05) is 0 Å². The van der Waals surface area contributed by atoms with E-state index in [-0.39, 0.29) is 10.8 Å². The Morgan fingerprint density at radius 1 is 1.46 bits per heavy atom. The van der Waals surface area contributed by atoms with Crippen LogP contribution in [0.25, 0.3) is 0 Å². The highest BCUT2D eigenvalue weighted by molar-refractivity contribution is 6.32. The first-order chi connectivity index (χ1) is 6.02. The van der Waals surface area contributed by atoms with Crippen LogP contribution in [-0.4, -0.2) is 16.3 Å². The second-order valence-electron chi connectivity index (χ2n) is 2.98. The van der Waals surface area contributed by atoms with Crippen LogP contribution in [0, 0.1) is 0 Å². The second kappa shape index (κ2) is 3.96. The molecule has 0 heterocycles. The van der Waals surface area contributed by atoms with E-state index in [1.165, 1.54) is 6.07 Å². The summed E-state index contributed by atoms with van der Waals surface area (Å²) in [5.74, 6) is -0.0183. The Morgan fingerprint density at radius 2 is 2.08 bits per heavy atom. The smallest absolute Gasteiger partial charge is 0.134 e. The molecule has 0 aliphatic rings. The molecule has 4 heteroatoms. The number of hydrogen-bond donors (Lipinski definition) is 3. The number of aliphatic hydroxyl groups is 1. The van der Waals surface area contributed by atoms with Crippen molar-refractivity contribution in [3.63, 3.8) is 0 Å². The summed E-state index contributed by atoms with van der Waals surface area (Å²) >= 11 is 5.61. The van der Waals surface area contributed by atoms with Gasteiger partial charge in [0.25, 0.3) is 0 Å². The number of nitrogens with two attached hydrogens (primary N) is 1. The standard InChI is InChI=1S/C9H12ClNO2/c1-5(12)9(11)6-2-3-7(10)8(13)4-6/h2-5,9,12-13H,11H2,1H3. The van der Waals surface area contributed by atoms with E-state index in [2.05, 4.69) is 0 Å². The monoisotopic (exact) mass is 201 g/mol. The molecule has 0 fully saturated rings. The second-order valence-corrected chi connectivity index (χ2v) is 3.38. The molecule has 0 saturated heterocycles. The maximum absolute atomic E-state index is 9.26. The van der Waals surface area contributed by atoms with Crippen molar-refractivity contribution >= 4 is 11.6 Å². The van der Waals surface area contributed by atoms with Gasteiger partial charge in [-0.2, -0.15) is 0 Å². The van der Waals surface area contributed by atoms with Gasteiger partial charge in [0.05, 0.1) is 17.2 Å². The van der Waals surface area contributed by atoms with Gasteiger partial charge in [-0.05, 0) is 24.6 Å². The van der Waals surface area contributed by atoms with Crippen molar-refractivity contribution in [2.75, 3.05) is 0 Å². The summed E-state index contributed by atoms with van der Waals surface area (Å²) in [5.41, 5.74) is 6.32. The zero-order chi connectivity index (χ0) is 10.0. The quantitative estimate of drug-likeness (QED) is 0.678. The van der Waals surface area contributed by atoms with Gasteiger partial charge in [-0.15, -0.1) is 0 Å². The van der Waals surface area contributed by atoms with E-state index in [1.54, 1.807) is 19.1 Å². The lowest BCUT2D eigenvalue weighted by molar-refractivity contribution is 0.164. The van der Waals surface area contributed by atoms with Gasteiger partial charge in [-0.3, -0.25) is 0 Å². The Kier molecular flexibility index (Phi) is 3.14. The predicted octanol–water partition coefficient (Wildman–Crippen LogP) is 1.43. The fraction of sp³-hybridized carbons (Fsp3) is 0.333. The van der Waals surface area contributed by atoms with Crippen LogP contribution in [0.5, 0.6) is 5.75 Å². The Labute approximate surface area is 81.8 Å². The number of aliphatic hydroxyl groups excluding tert-OH is 1. The summed E-state index contributed by atoms with van der Waals surface area (Å²) < 4.78 is 0. The van der Waals surface area contributed by atoms with Crippen molar-refractivity contribution in [2.45, 2.75) is 19.1 Å². The number of halogens is 1. The van der Waals surface area contributed by atoms with Gasteiger partial charge >= 0.3 is 0 Å². The van der Waals surface area contributed by atoms with Gasteiger partial charge in [0.15, 0.2) is 0 Å². The van der Waals surface area contributed by atoms with Crippen LogP contribution in [0.4, 0.5) is 0 Å². The molecule has 0 spiro atoms. The summed E-state index contributed by atoms with van der Waals surface area (Å²) in [6, 6.07) is 4.19. The summed E-state index contributed by atoms with van der Waals surface area (Å²) in [5, 5.41) is 18.7. The predicted molar refractivity (Wildman–Crippen MR) is 51.7 cm³/mol. The third-order valence-corrected chi connectivity index (χ3v) is 2.19. The average molecular weight is 202 g/mol. The third-order valence-electron chi connectivity index (χ3n) is 1.87. The fourth-order valence-electron chi connectivity index (χ4n) is 1.02. The molecule has 0 aromatic heterocycles. The summed E-state index contributed by atoms with van der Waals surface area (Å²) in [6.07, 6.45) is -0.652. The Balaban J connectivity index is 2.97. The maximum Gasteiger partial charge on any atom is 0.134 e. The molecular weight excluding hydrogens is 190 g/mol. The minimum atomic E-state index is -0.652. The number of rotatable bonds is 2. The Morgan fingerprint density at radius 3 is 2.54 bits per heavy atom. The minimum Gasteiger partial charge on any atom is -0.506 e. The normalized spacial score (nSPS) is 15.4. The first-order valence-electron chi connectivity index (χ1n) is 3.94. The zero-order valence-corrected chi connectivity index (χ0v) is 7.99. The Bertz CT molecular complexity index is 302. The number of phenols is 1. The van der Waals surface area contributed by atoms with Crippen molar-refractivity contribution in [1.82, 2.24) is 0 Å². The number of hydrogen-bond acceptors (Lipinski definition) is 3. The molecule has 13 heavy (non-hydrogen) atoms. The summed E-state index contributed by atoms with van der Waals surface area (Å²) in [6.45, 7) is 1.59. The molecule has 2 unspecified atom stereocenters. The number of aromatic hydroxyl groups is 1. The van der Waals surface area contributed by atoms with Crippen LogP contribution in [-0.2, 0) is 0 Å². The summed E-state index contributed by atoms with van der Waals surface area (Å²) in [4.78, 5) is 0. The topological polar surface area (TPSA) is 66.5 Å². The SMILES string of the molecule is CC(O)C(N)c1ccc(Cl)c(O)c1. The first kappa shape index (κ1) is 10.3. The van der Waals surface area contributed by atoms with E-state index in [0.29, 0.717) is 5.56 Å². The average Bonchev–Trinajstić information content (AvgIpc) is 2.08. The third kappa shape index (κ3) is 2.34. The molecule has 4 N–H and O–H groups in total. The van der Waals surface area contributed by atoms with Crippen LogP contribution < -0.4 is 5.73 Å². The fourth-order valence-corrected chi connectivity index (χ4v) is 1.13. The highest BCUT2D eigenvalue weighted by Gasteiger charge is 2.12. The van der Waals surface area contributed by atoms with Crippen molar-refractivity contribution in [2.24, 2.45) is 5.73 Å². The van der Waals surface area contributed by atoms with Crippen molar-refractivity contribution < 1.29 is 10.2 Å². The minimum absolute atomic E-state index is 0.0183. The molecule has 72 valence electrons. The van der Waals surface area contributed by atoms with Gasteiger partial charge in [0.2, 0.25) is 0 Å². The van der Waals surface area contributed by atoms with Crippen molar-refractivity contribution in [3.05, 3.63) is 28.8 Å². The highest BCUT2D eigenvalue weighted by Crippen LogP contribution is 2.26. The zero-order valence-electron chi connectivity index (χ0n) is 7.24. The molecule has 0 aliphatic heterocycles. The van der Waals surface area contributed by atoms with Gasteiger partial charge in [-0.1, -0.05) is 17.7 Å². The summed E-state index contributed by atoms with van der Waals surface area (Å²) in [7, 11) is 0. The van der Waals surface area contributed by atoms with Crippen LogP contribution >= 0.6 is 11.6 Å². The lowest BCUT2D eigenvalue weighted by Crippen LogP contribution is -2.22. The molecule has 0 aliphatic carbocycles. The van der Waals surface area contributed by atoms with E-state index in [4.69, 9.17) is 17.3 Å². The van der Waals surface area contributed by atoms with E-state index in [0.717, 1.165) is 0 Å². The molecular formula is C9H12ClNO2. The molecule has 0 saturated carbocycles. The first-order valence-corrected chi connectivity index (χ1v) is 4.32. The molecule has 1 aromatic rings. The van der Waals surface area contributed by atoms with Crippen molar-refractivity contribution in [3.8, 4) is 5.75 Å². The van der Waals surface area contributed by atoms with E-state index < -0.39 is 12.1 Å². The van der Waals surface area contributed by atoms with E-state index >= 15 is 0 Å². The molecule has 3 nitrogen and oxygen atoms in total. The molecule has 1 rings (SSSR count).